The highest BCUT2D eigenvalue weighted by Gasteiger charge is 2.27. The number of thiophene rings is 1. The number of hydrogen-bond donors (Lipinski definition) is 2. The van der Waals surface area contributed by atoms with E-state index in [9.17, 15) is 19.2 Å². The van der Waals surface area contributed by atoms with Crippen molar-refractivity contribution in [3.05, 3.63) is 40.3 Å². The van der Waals surface area contributed by atoms with Crippen molar-refractivity contribution in [2.24, 2.45) is 0 Å². The lowest BCUT2D eigenvalue weighted by Gasteiger charge is -2.06. The summed E-state index contributed by atoms with van der Waals surface area (Å²) in [6.07, 6.45) is 0. The fraction of sp³-hybridized carbons (Fsp3) is 0.304. The predicted molar refractivity (Wildman–Crippen MR) is 134 cm³/mol. The average Bonchev–Trinajstić information content (AvgIpc) is 3.42. The number of carbonyl (C=O) groups excluding carboxylic acids is 4. The standard InChI is InChI=1S/C23H24N4O7S2/c1-5-32-21(30)17-12(3)18(22(31)33-6-2)36-20(17)25-16(29)11-35-23-27-26-19(34-23)14-8-7-9-15(10-14)24-13(4)28/h7-10H,5-6,11H2,1-4H3,(H,24,28)(H,25,29). The summed E-state index contributed by atoms with van der Waals surface area (Å²) in [5.74, 6) is -1.76. The molecule has 3 aromatic rings. The molecule has 190 valence electrons. The Morgan fingerprint density at radius 1 is 1.06 bits per heavy atom. The normalized spacial score (nSPS) is 10.6. The van der Waals surface area contributed by atoms with Crippen molar-refractivity contribution in [1.29, 1.82) is 0 Å². The minimum Gasteiger partial charge on any atom is -0.462 e. The topological polar surface area (TPSA) is 150 Å². The first-order valence-electron chi connectivity index (χ1n) is 10.8. The third kappa shape index (κ3) is 6.70. The molecule has 0 bridgehead atoms. The monoisotopic (exact) mass is 532 g/mol. The van der Waals surface area contributed by atoms with Crippen LogP contribution in [0.15, 0.2) is 33.9 Å². The summed E-state index contributed by atoms with van der Waals surface area (Å²) in [5, 5.41) is 13.6. The van der Waals surface area contributed by atoms with Gasteiger partial charge in [-0.3, -0.25) is 9.59 Å². The first kappa shape index (κ1) is 26.9. The van der Waals surface area contributed by atoms with Crippen LogP contribution in [-0.4, -0.2) is 52.9 Å². The number of rotatable bonds is 10. The molecule has 2 amide bonds. The van der Waals surface area contributed by atoms with Gasteiger partial charge in [0.1, 0.15) is 9.88 Å². The zero-order chi connectivity index (χ0) is 26.2. The minimum absolute atomic E-state index is 0.0957. The first-order valence-corrected chi connectivity index (χ1v) is 12.6. The summed E-state index contributed by atoms with van der Waals surface area (Å²) in [5.41, 5.74) is 1.67. The van der Waals surface area contributed by atoms with Gasteiger partial charge in [-0.25, -0.2) is 9.59 Å². The quantitative estimate of drug-likeness (QED) is 0.288. The van der Waals surface area contributed by atoms with Gasteiger partial charge in [0, 0.05) is 18.2 Å². The number of hydrogen-bond acceptors (Lipinski definition) is 11. The van der Waals surface area contributed by atoms with Gasteiger partial charge >= 0.3 is 11.9 Å². The molecule has 0 aliphatic heterocycles. The highest BCUT2D eigenvalue weighted by Crippen LogP contribution is 2.34. The molecule has 1 aromatic carbocycles. The second-order valence-corrected chi connectivity index (χ2v) is 9.12. The smallest absolute Gasteiger partial charge is 0.348 e. The molecule has 36 heavy (non-hydrogen) atoms. The van der Waals surface area contributed by atoms with Gasteiger partial charge in [-0.15, -0.1) is 21.5 Å². The van der Waals surface area contributed by atoms with Crippen LogP contribution < -0.4 is 10.6 Å². The molecule has 0 aliphatic carbocycles. The summed E-state index contributed by atoms with van der Waals surface area (Å²) < 4.78 is 15.8. The second-order valence-electron chi connectivity index (χ2n) is 7.17. The summed E-state index contributed by atoms with van der Waals surface area (Å²) in [6.45, 7) is 6.65. The van der Waals surface area contributed by atoms with E-state index >= 15 is 0 Å². The number of benzene rings is 1. The summed E-state index contributed by atoms with van der Waals surface area (Å²) in [6, 6.07) is 6.90. The van der Waals surface area contributed by atoms with Crippen LogP contribution in [0.4, 0.5) is 10.7 Å². The largest absolute Gasteiger partial charge is 0.462 e. The highest BCUT2D eigenvalue weighted by molar-refractivity contribution is 7.99. The predicted octanol–water partition coefficient (Wildman–Crippen LogP) is 4.15. The van der Waals surface area contributed by atoms with Crippen molar-refractivity contribution < 1.29 is 33.1 Å². The number of thioether (sulfide) groups is 1. The number of nitrogens with one attached hydrogen (secondary N) is 2. The molecule has 0 saturated heterocycles. The van der Waals surface area contributed by atoms with E-state index in [1.165, 1.54) is 6.92 Å². The van der Waals surface area contributed by atoms with Crippen LogP contribution in [0.25, 0.3) is 11.5 Å². The Bertz CT molecular complexity index is 1290. The van der Waals surface area contributed by atoms with Crippen LogP contribution in [0.1, 0.15) is 46.4 Å². The van der Waals surface area contributed by atoms with E-state index in [0.717, 1.165) is 23.1 Å². The van der Waals surface area contributed by atoms with E-state index in [-0.39, 0.29) is 51.4 Å². The molecule has 13 heteroatoms. The Hall–Kier alpha value is -3.71. The van der Waals surface area contributed by atoms with Gasteiger partial charge < -0.3 is 24.5 Å². The van der Waals surface area contributed by atoms with Crippen LogP contribution in [0.2, 0.25) is 0 Å². The molecule has 0 aliphatic rings. The van der Waals surface area contributed by atoms with Gasteiger partial charge in [0.2, 0.25) is 17.7 Å². The summed E-state index contributed by atoms with van der Waals surface area (Å²) in [4.78, 5) is 48.9. The lowest BCUT2D eigenvalue weighted by molar-refractivity contribution is -0.114. The number of anilines is 2. The van der Waals surface area contributed by atoms with Crippen LogP contribution in [0.5, 0.6) is 0 Å². The fourth-order valence-electron chi connectivity index (χ4n) is 3.05. The Balaban J connectivity index is 1.70. The number of esters is 2. The van der Waals surface area contributed by atoms with Crippen LogP contribution >= 0.6 is 23.1 Å². The van der Waals surface area contributed by atoms with Crippen molar-refractivity contribution in [2.45, 2.75) is 32.9 Å². The fourth-order valence-corrected chi connectivity index (χ4v) is 4.72. The van der Waals surface area contributed by atoms with E-state index in [2.05, 4.69) is 20.8 Å². The zero-order valence-electron chi connectivity index (χ0n) is 20.0. The van der Waals surface area contributed by atoms with E-state index in [1.54, 1.807) is 45.0 Å². The number of nitrogens with zero attached hydrogens (tertiary/aromatic N) is 2. The molecular formula is C23H24N4O7S2. The third-order valence-electron chi connectivity index (χ3n) is 4.50. The lowest BCUT2D eigenvalue weighted by Crippen LogP contribution is -2.16. The van der Waals surface area contributed by atoms with Crippen molar-refractivity contribution >= 4 is 57.5 Å². The van der Waals surface area contributed by atoms with Crippen molar-refractivity contribution in [2.75, 3.05) is 29.6 Å². The Morgan fingerprint density at radius 2 is 1.78 bits per heavy atom. The van der Waals surface area contributed by atoms with Crippen molar-refractivity contribution in [1.82, 2.24) is 10.2 Å². The first-order chi connectivity index (χ1) is 17.2. The maximum atomic E-state index is 12.6. The number of carbonyl (C=O) groups is 4. The van der Waals surface area contributed by atoms with Crippen molar-refractivity contribution in [3.63, 3.8) is 0 Å². The molecule has 0 saturated carbocycles. The molecule has 2 N–H and O–H groups in total. The van der Waals surface area contributed by atoms with E-state index < -0.39 is 17.8 Å². The molecule has 11 nitrogen and oxygen atoms in total. The Kier molecular flexibility index (Phi) is 9.19. The molecule has 0 spiro atoms. The zero-order valence-corrected chi connectivity index (χ0v) is 21.6. The third-order valence-corrected chi connectivity index (χ3v) is 6.51. The number of amides is 2. The van der Waals surface area contributed by atoms with Gasteiger partial charge in [-0.1, -0.05) is 17.8 Å². The highest BCUT2D eigenvalue weighted by atomic mass is 32.2. The van der Waals surface area contributed by atoms with Crippen LogP contribution in [-0.2, 0) is 19.1 Å². The molecule has 0 atom stereocenters. The molecular weight excluding hydrogens is 508 g/mol. The van der Waals surface area contributed by atoms with Crippen LogP contribution in [0.3, 0.4) is 0 Å². The van der Waals surface area contributed by atoms with E-state index in [1.807, 2.05) is 0 Å². The van der Waals surface area contributed by atoms with Gasteiger partial charge in [0.05, 0.1) is 24.5 Å². The Morgan fingerprint density at radius 3 is 2.47 bits per heavy atom. The lowest BCUT2D eigenvalue weighted by atomic mass is 10.1. The minimum atomic E-state index is -0.646. The van der Waals surface area contributed by atoms with Crippen molar-refractivity contribution in [3.8, 4) is 11.5 Å². The molecule has 2 aromatic heterocycles. The van der Waals surface area contributed by atoms with Gasteiger partial charge in [-0.2, -0.15) is 0 Å². The summed E-state index contributed by atoms with van der Waals surface area (Å²) >= 11 is 1.95. The Labute approximate surface area is 214 Å². The van der Waals surface area contributed by atoms with E-state index in [4.69, 9.17) is 13.9 Å². The molecule has 2 heterocycles. The average molecular weight is 533 g/mol. The second kappa shape index (κ2) is 12.3. The number of ether oxygens (including phenoxy) is 2. The molecule has 0 radical (unpaired) electrons. The van der Waals surface area contributed by atoms with Gasteiger partial charge in [0.25, 0.3) is 5.22 Å². The van der Waals surface area contributed by atoms with E-state index in [0.29, 0.717) is 16.8 Å². The summed E-state index contributed by atoms with van der Waals surface area (Å²) in [7, 11) is 0. The van der Waals surface area contributed by atoms with Gasteiger partial charge in [0.15, 0.2) is 0 Å². The maximum Gasteiger partial charge on any atom is 0.348 e. The molecule has 0 fully saturated rings. The SMILES string of the molecule is CCOC(=O)c1sc(NC(=O)CSc2nnc(-c3cccc(NC(C)=O)c3)o2)c(C(=O)OCC)c1C. The molecule has 0 unspecified atom stereocenters. The van der Waals surface area contributed by atoms with Gasteiger partial charge in [-0.05, 0) is 44.5 Å². The molecule has 3 rings (SSSR count). The maximum absolute atomic E-state index is 12.6. The van der Waals surface area contributed by atoms with Crippen LogP contribution in [0, 0.1) is 6.92 Å². The number of aromatic nitrogens is 2.